The Hall–Kier alpha value is -1.91. The van der Waals surface area contributed by atoms with E-state index in [-0.39, 0.29) is 23.5 Å². The summed E-state index contributed by atoms with van der Waals surface area (Å²) in [5.41, 5.74) is 3.64. The van der Waals surface area contributed by atoms with E-state index in [1.165, 1.54) is 11.1 Å². The lowest BCUT2D eigenvalue weighted by molar-refractivity contribution is -0.122. The zero-order chi connectivity index (χ0) is 23.3. The molecule has 0 bridgehead atoms. The number of carbonyl (C=O) groups excluding carboxylic acids is 1. The van der Waals surface area contributed by atoms with Gasteiger partial charge in [-0.3, -0.25) is 4.79 Å². The molecule has 0 spiro atoms. The van der Waals surface area contributed by atoms with Gasteiger partial charge in [-0.2, -0.15) is 0 Å². The van der Waals surface area contributed by atoms with E-state index >= 15 is 0 Å². The van der Waals surface area contributed by atoms with Crippen molar-refractivity contribution in [1.82, 2.24) is 5.32 Å². The van der Waals surface area contributed by atoms with Gasteiger partial charge in [0.15, 0.2) is 0 Å². The third-order valence-electron chi connectivity index (χ3n) is 6.70. The molecule has 3 rings (SSSR count). The van der Waals surface area contributed by atoms with Gasteiger partial charge in [0.1, 0.15) is 0 Å². The molecule has 5 atom stereocenters. The van der Waals surface area contributed by atoms with Crippen LogP contribution in [0.4, 0.5) is 0 Å². The van der Waals surface area contributed by atoms with E-state index in [0.717, 1.165) is 37.7 Å². The van der Waals surface area contributed by atoms with E-state index in [9.17, 15) is 15.0 Å². The second-order valence-corrected chi connectivity index (χ2v) is 10.9. The van der Waals surface area contributed by atoms with Crippen LogP contribution in [0.25, 0.3) is 0 Å². The first-order chi connectivity index (χ1) is 15.1. The van der Waals surface area contributed by atoms with Crippen molar-refractivity contribution in [2.75, 3.05) is 0 Å². The summed E-state index contributed by atoms with van der Waals surface area (Å²) in [6, 6.07) is 8.24. The predicted molar refractivity (Wildman–Crippen MR) is 130 cm³/mol. The molecule has 1 aromatic carbocycles. The number of aryl methyl sites for hydroxylation is 1. The lowest BCUT2D eigenvalue weighted by atomic mass is 9.88. The van der Waals surface area contributed by atoms with Crippen LogP contribution in [0.2, 0.25) is 0 Å². The molecule has 176 valence electrons. The Morgan fingerprint density at radius 3 is 2.78 bits per heavy atom. The first-order valence-corrected chi connectivity index (χ1v) is 12.2. The van der Waals surface area contributed by atoms with Crippen molar-refractivity contribution in [2.45, 2.75) is 90.4 Å². The van der Waals surface area contributed by atoms with Crippen LogP contribution in [-0.2, 0) is 11.2 Å². The van der Waals surface area contributed by atoms with Crippen LogP contribution in [0.1, 0.15) is 70.4 Å². The van der Waals surface area contributed by atoms with Gasteiger partial charge in [0.2, 0.25) is 5.91 Å². The molecule has 2 aliphatic rings. The Kier molecular flexibility index (Phi) is 8.35. The van der Waals surface area contributed by atoms with Gasteiger partial charge in [-0.1, -0.05) is 53.6 Å². The number of unbranched alkanes of at least 4 members (excludes halogenated alkanes) is 1. The number of amides is 1. The number of nitrogens with one attached hydrogen (secondary N) is 1. The van der Waals surface area contributed by atoms with Crippen molar-refractivity contribution in [3.63, 3.8) is 0 Å². The molecule has 3 N–H and O–H groups in total. The highest BCUT2D eigenvalue weighted by Crippen LogP contribution is 2.48. The van der Waals surface area contributed by atoms with E-state index in [2.05, 4.69) is 36.5 Å². The molecule has 2 aliphatic carbocycles. The lowest BCUT2D eigenvalue weighted by Gasteiger charge is -2.20. The van der Waals surface area contributed by atoms with Gasteiger partial charge in [-0.05, 0) is 77.2 Å². The maximum atomic E-state index is 12.0. The molecule has 1 fully saturated rings. The summed E-state index contributed by atoms with van der Waals surface area (Å²) in [5, 5.41) is 24.1. The van der Waals surface area contributed by atoms with E-state index in [4.69, 9.17) is 0 Å². The van der Waals surface area contributed by atoms with Crippen molar-refractivity contribution < 1.29 is 15.0 Å². The van der Waals surface area contributed by atoms with E-state index < -0.39 is 6.10 Å². The summed E-state index contributed by atoms with van der Waals surface area (Å²) in [6.45, 7) is 8.09. The molecule has 1 amide bonds. The van der Waals surface area contributed by atoms with Gasteiger partial charge in [-0.15, -0.1) is 0 Å². The van der Waals surface area contributed by atoms with Crippen LogP contribution in [0.15, 0.2) is 48.1 Å². The zero-order valence-corrected chi connectivity index (χ0v) is 20.2. The fraction of sp³-hybridized carbons (Fsp3) is 0.607. The quantitative estimate of drug-likeness (QED) is 0.380. The van der Waals surface area contributed by atoms with Crippen LogP contribution in [0.3, 0.4) is 0 Å². The fourth-order valence-electron chi connectivity index (χ4n) is 5.31. The Morgan fingerprint density at radius 2 is 2.06 bits per heavy atom. The summed E-state index contributed by atoms with van der Waals surface area (Å²) in [7, 11) is 0. The number of hydrogen-bond acceptors (Lipinski definition) is 3. The largest absolute Gasteiger partial charge is 0.392 e. The minimum Gasteiger partial charge on any atom is -0.392 e. The topological polar surface area (TPSA) is 69.6 Å². The summed E-state index contributed by atoms with van der Waals surface area (Å²) < 4.78 is 0. The second kappa shape index (κ2) is 10.8. The molecule has 0 saturated heterocycles. The molecule has 0 aliphatic heterocycles. The van der Waals surface area contributed by atoms with Crippen molar-refractivity contribution in [3.05, 3.63) is 59.2 Å². The second-order valence-electron chi connectivity index (χ2n) is 10.9. The number of rotatable bonds is 9. The van der Waals surface area contributed by atoms with Gasteiger partial charge in [0.25, 0.3) is 0 Å². The molecular formula is C28H41NO3. The number of benzene rings is 1. The molecule has 4 nitrogen and oxygen atoms in total. The summed E-state index contributed by atoms with van der Waals surface area (Å²) in [5.74, 6) is 1.12. The first-order valence-electron chi connectivity index (χ1n) is 12.2. The van der Waals surface area contributed by atoms with E-state index in [1.54, 1.807) is 0 Å². The highest BCUT2D eigenvalue weighted by Gasteiger charge is 2.43. The zero-order valence-electron chi connectivity index (χ0n) is 20.2. The maximum Gasteiger partial charge on any atom is 0.220 e. The minimum atomic E-state index is -0.531. The average Bonchev–Trinajstić information content (AvgIpc) is 3.18. The third-order valence-corrected chi connectivity index (χ3v) is 6.70. The average molecular weight is 440 g/mol. The van der Waals surface area contributed by atoms with Crippen molar-refractivity contribution in [2.24, 2.45) is 17.8 Å². The molecular weight excluding hydrogens is 398 g/mol. The monoisotopic (exact) mass is 439 g/mol. The van der Waals surface area contributed by atoms with Crippen LogP contribution >= 0.6 is 0 Å². The molecule has 0 heterocycles. The Morgan fingerprint density at radius 1 is 1.28 bits per heavy atom. The summed E-state index contributed by atoms with van der Waals surface area (Å²) >= 11 is 0. The smallest absolute Gasteiger partial charge is 0.220 e. The van der Waals surface area contributed by atoms with Crippen LogP contribution in [0.5, 0.6) is 0 Å². The lowest BCUT2D eigenvalue weighted by Crippen LogP contribution is -2.40. The highest BCUT2D eigenvalue weighted by molar-refractivity contribution is 5.76. The number of carbonyl (C=O) groups is 1. The van der Waals surface area contributed by atoms with Crippen molar-refractivity contribution in [1.29, 1.82) is 0 Å². The fourth-order valence-corrected chi connectivity index (χ4v) is 5.31. The molecule has 4 heteroatoms. The van der Waals surface area contributed by atoms with Gasteiger partial charge in [-0.25, -0.2) is 0 Å². The normalized spacial score (nSPS) is 26.2. The van der Waals surface area contributed by atoms with Crippen molar-refractivity contribution in [3.8, 4) is 0 Å². The van der Waals surface area contributed by atoms with Crippen molar-refractivity contribution >= 4 is 5.91 Å². The Labute approximate surface area is 193 Å². The van der Waals surface area contributed by atoms with Crippen LogP contribution in [-0.4, -0.2) is 33.9 Å². The van der Waals surface area contributed by atoms with E-state index in [1.807, 2.05) is 39.0 Å². The van der Waals surface area contributed by atoms with Crippen LogP contribution < -0.4 is 5.32 Å². The highest BCUT2D eigenvalue weighted by atomic mass is 16.3. The predicted octanol–water partition coefficient (Wildman–Crippen LogP) is 4.87. The molecule has 0 radical (unpaired) electrons. The first kappa shape index (κ1) is 24.7. The SMILES string of the molecule is Cc1cccc(C[C@@H](O)/C=C/[C@@H]2[C@H]3CC(CCCCC(=O)NC(C)(C)C)=C[C@H]3C[C@H]2O)c1. The molecule has 32 heavy (non-hydrogen) atoms. The standard InChI is InChI=1S/C28H41NO3/c1-19-8-7-10-20(14-19)16-23(30)12-13-24-25-17-21(15-22(25)18-26(24)31)9-5-6-11-27(32)29-28(2,3)4/h7-8,10,12-15,22-26,30-31H,5-6,9,11,16-18H2,1-4H3,(H,29,32)/b13-12+/t22-,23-,24+,25-,26+/m0/s1. The number of hydrogen-bond donors (Lipinski definition) is 3. The molecule has 0 unspecified atom stereocenters. The summed E-state index contributed by atoms with van der Waals surface area (Å²) in [4.78, 5) is 12.0. The molecule has 1 aromatic rings. The number of allylic oxidation sites excluding steroid dienone is 2. The van der Waals surface area contributed by atoms with E-state index in [0.29, 0.717) is 24.7 Å². The third kappa shape index (κ3) is 7.31. The maximum absolute atomic E-state index is 12.0. The summed E-state index contributed by atoms with van der Waals surface area (Å²) in [6.07, 6.45) is 11.5. The number of aliphatic hydroxyl groups excluding tert-OH is 2. The van der Waals surface area contributed by atoms with Gasteiger partial charge < -0.3 is 15.5 Å². The minimum absolute atomic E-state index is 0.110. The molecule has 0 aromatic heterocycles. The van der Waals surface area contributed by atoms with Crippen LogP contribution in [0, 0.1) is 24.7 Å². The van der Waals surface area contributed by atoms with Gasteiger partial charge in [0.05, 0.1) is 12.2 Å². The number of aliphatic hydroxyl groups is 2. The number of fused-ring (bicyclic) bond motifs is 1. The van der Waals surface area contributed by atoms with Gasteiger partial charge in [0, 0.05) is 24.3 Å². The van der Waals surface area contributed by atoms with Gasteiger partial charge >= 0.3 is 0 Å². The Bertz CT molecular complexity index is 835. The Balaban J connectivity index is 1.44. The molecule has 1 saturated carbocycles.